The van der Waals surface area contributed by atoms with E-state index >= 15 is 0 Å². The van der Waals surface area contributed by atoms with E-state index in [1.807, 2.05) is 54.6 Å². The number of hydrogen-bond acceptors (Lipinski definition) is 6. The van der Waals surface area contributed by atoms with Crippen molar-refractivity contribution in [1.82, 2.24) is 15.0 Å². The van der Waals surface area contributed by atoms with Crippen molar-refractivity contribution in [2.24, 2.45) is 0 Å². The van der Waals surface area contributed by atoms with Crippen LogP contribution in [0.3, 0.4) is 0 Å². The number of pyridine rings is 3. The molecule has 7 nitrogen and oxygen atoms in total. The minimum atomic E-state index is -0.814. The zero-order valence-electron chi connectivity index (χ0n) is 18.2. The second kappa shape index (κ2) is 10.4. The van der Waals surface area contributed by atoms with Crippen LogP contribution in [0.2, 0.25) is 0 Å². The van der Waals surface area contributed by atoms with Gasteiger partial charge < -0.3 is 15.2 Å². The Kier molecular flexibility index (Phi) is 6.90. The van der Waals surface area contributed by atoms with Gasteiger partial charge in [0, 0.05) is 36.3 Å². The molecule has 2 N–H and O–H groups in total. The van der Waals surface area contributed by atoms with E-state index in [2.05, 4.69) is 22.2 Å². The number of carbonyl (C=O) groups is 1. The molecule has 0 saturated heterocycles. The second-order valence-corrected chi connectivity index (χ2v) is 7.42. The molecule has 0 bridgehead atoms. The summed E-state index contributed by atoms with van der Waals surface area (Å²) in [5, 5.41) is 12.2. The number of aryl methyl sites for hydroxylation is 2. The molecule has 4 aromatic rings. The van der Waals surface area contributed by atoms with E-state index in [-0.39, 0.29) is 6.42 Å². The third-order valence-electron chi connectivity index (χ3n) is 4.97. The Morgan fingerprint density at radius 2 is 1.91 bits per heavy atom. The van der Waals surface area contributed by atoms with Gasteiger partial charge in [-0.15, -0.1) is 0 Å². The Bertz CT molecular complexity index is 1250. The Labute approximate surface area is 192 Å². The lowest BCUT2D eigenvalue weighted by atomic mass is 10.1. The Morgan fingerprint density at radius 1 is 1.00 bits per heavy atom. The summed E-state index contributed by atoms with van der Waals surface area (Å²) in [6.45, 7) is 2.06. The van der Waals surface area contributed by atoms with Crippen LogP contribution in [-0.2, 0) is 17.6 Å². The molecule has 3 heterocycles. The van der Waals surface area contributed by atoms with Crippen molar-refractivity contribution in [3.63, 3.8) is 0 Å². The molecule has 166 valence electrons. The molecule has 0 aliphatic carbocycles. The lowest BCUT2D eigenvalue weighted by Crippen LogP contribution is -1.99. The largest absolute Gasteiger partial charge is 0.481 e. The van der Waals surface area contributed by atoms with Crippen molar-refractivity contribution >= 4 is 17.5 Å². The lowest BCUT2D eigenvalue weighted by molar-refractivity contribution is -0.136. The van der Waals surface area contributed by atoms with E-state index in [0.717, 1.165) is 29.1 Å². The number of ether oxygens (including phenoxy) is 1. The number of nitrogens with one attached hydrogen (secondary N) is 1. The minimum absolute atomic E-state index is 0.0918. The van der Waals surface area contributed by atoms with Crippen molar-refractivity contribution in [2.45, 2.75) is 26.2 Å². The summed E-state index contributed by atoms with van der Waals surface area (Å²) in [7, 11) is 0. The maximum Gasteiger partial charge on any atom is 0.303 e. The Balaban J connectivity index is 1.55. The molecule has 4 rings (SSSR count). The SMILES string of the molecule is CCc1ccc(Oc2ccnc(Nc3cccc(CCC(=O)O)c3)c2)c(-c2ccccn2)n1. The van der Waals surface area contributed by atoms with Gasteiger partial charge >= 0.3 is 5.97 Å². The summed E-state index contributed by atoms with van der Waals surface area (Å²) < 4.78 is 6.18. The fraction of sp³-hybridized carbons (Fsp3) is 0.154. The highest BCUT2D eigenvalue weighted by Gasteiger charge is 2.12. The monoisotopic (exact) mass is 440 g/mol. The number of benzene rings is 1. The van der Waals surface area contributed by atoms with E-state index in [1.54, 1.807) is 24.5 Å². The molecule has 1 aromatic carbocycles. The van der Waals surface area contributed by atoms with Crippen molar-refractivity contribution in [3.8, 4) is 22.9 Å². The van der Waals surface area contributed by atoms with E-state index in [0.29, 0.717) is 29.4 Å². The first-order valence-electron chi connectivity index (χ1n) is 10.7. The van der Waals surface area contributed by atoms with Crippen molar-refractivity contribution < 1.29 is 14.6 Å². The summed E-state index contributed by atoms with van der Waals surface area (Å²) in [4.78, 5) is 24.4. The second-order valence-electron chi connectivity index (χ2n) is 7.42. The lowest BCUT2D eigenvalue weighted by Gasteiger charge is -2.13. The fourth-order valence-corrected chi connectivity index (χ4v) is 3.33. The van der Waals surface area contributed by atoms with E-state index < -0.39 is 5.97 Å². The summed E-state index contributed by atoms with van der Waals surface area (Å²) in [6.07, 6.45) is 4.78. The highest BCUT2D eigenvalue weighted by molar-refractivity contribution is 5.67. The van der Waals surface area contributed by atoms with Gasteiger partial charge in [-0.2, -0.15) is 0 Å². The maximum atomic E-state index is 10.8. The first kappa shape index (κ1) is 22.0. The molecule has 0 radical (unpaired) electrons. The number of carboxylic acids is 1. The first-order valence-corrected chi connectivity index (χ1v) is 10.7. The fourth-order valence-electron chi connectivity index (χ4n) is 3.33. The van der Waals surface area contributed by atoms with Gasteiger partial charge in [0.15, 0.2) is 5.75 Å². The van der Waals surface area contributed by atoms with Crippen LogP contribution in [0.4, 0.5) is 11.5 Å². The number of anilines is 2. The van der Waals surface area contributed by atoms with E-state index in [1.165, 1.54) is 0 Å². The van der Waals surface area contributed by atoms with Crippen LogP contribution in [0.1, 0.15) is 24.6 Å². The van der Waals surface area contributed by atoms with Crippen LogP contribution in [0.25, 0.3) is 11.4 Å². The smallest absolute Gasteiger partial charge is 0.303 e. The molecule has 0 amide bonds. The summed E-state index contributed by atoms with van der Waals surface area (Å²) >= 11 is 0. The molecule has 7 heteroatoms. The van der Waals surface area contributed by atoms with E-state index in [4.69, 9.17) is 14.8 Å². The molecule has 0 spiro atoms. The van der Waals surface area contributed by atoms with Crippen LogP contribution in [-0.4, -0.2) is 26.0 Å². The maximum absolute atomic E-state index is 10.8. The number of carboxylic acid groups (broad SMARTS) is 1. The summed E-state index contributed by atoms with van der Waals surface area (Å²) in [6, 6.07) is 20.8. The predicted octanol–water partition coefficient (Wildman–Crippen LogP) is 5.65. The van der Waals surface area contributed by atoms with Crippen molar-refractivity contribution in [1.29, 1.82) is 0 Å². The highest BCUT2D eigenvalue weighted by atomic mass is 16.5. The third-order valence-corrected chi connectivity index (χ3v) is 4.97. The number of rotatable bonds is 9. The zero-order valence-corrected chi connectivity index (χ0v) is 18.2. The van der Waals surface area contributed by atoms with Crippen LogP contribution in [0.15, 0.2) is 79.1 Å². The molecule has 0 aliphatic rings. The number of nitrogens with zero attached hydrogens (tertiary/aromatic N) is 3. The standard InChI is InChI=1S/C26H24N4O3/c1-2-19-10-11-23(26(30-19)22-8-3-4-14-27-22)33-21-13-15-28-24(17-21)29-20-7-5-6-18(16-20)9-12-25(31)32/h3-8,10-11,13-17H,2,9,12H2,1H3,(H,28,29)(H,31,32). The van der Waals surface area contributed by atoms with Crippen molar-refractivity contribution in [2.75, 3.05) is 5.32 Å². The summed E-state index contributed by atoms with van der Waals surface area (Å²) in [5.41, 5.74) is 4.16. The number of aromatic nitrogens is 3. The van der Waals surface area contributed by atoms with Gasteiger partial charge in [-0.05, 0) is 60.9 Å². The van der Waals surface area contributed by atoms with Crippen molar-refractivity contribution in [3.05, 3.63) is 90.4 Å². The van der Waals surface area contributed by atoms with E-state index in [9.17, 15) is 4.79 Å². The van der Waals surface area contributed by atoms with Crippen LogP contribution in [0.5, 0.6) is 11.5 Å². The average Bonchev–Trinajstić information content (AvgIpc) is 2.84. The van der Waals surface area contributed by atoms with Gasteiger partial charge in [-0.25, -0.2) is 9.97 Å². The average molecular weight is 441 g/mol. The first-order chi connectivity index (χ1) is 16.1. The predicted molar refractivity (Wildman–Crippen MR) is 127 cm³/mol. The molecule has 0 unspecified atom stereocenters. The Hall–Kier alpha value is -4.26. The molecule has 3 aromatic heterocycles. The molecule has 0 atom stereocenters. The topological polar surface area (TPSA) is 97.2 Å². The van der Waals surface area contributed by atoms with Gasteiger partial charge in [-0.3, -0.25) is 9.78 Å². The van der Waals surface area contributed by atoms with Gasteiger partial charge in [0.05, 0.1) is 5.69 Å². The molecule has 0 saturated carbocycles. The van der Waals surface area contributed by atoms with Gasteiger partial charge in [0.25, 0.3) is 0 Å². The quantitative estimate of drug-likeness (QED) is 0.347. The van der Waals surface area contributed by atoms with Crippen LogP contribution in [0, 0.1) is 0 Å². The highest BCUT2D eigenvalue weighted by Crippen LogP contribution is 2.32. The molecule has 33 heavy (non-hydrogen) atoms. The minimum Gasteiger partial charge on any atom is -0.481 e. The van der Waals surface area contributed by atoms with Gasteiger partial charge in [-0.1, -0.05) is 25.1 Å². The molecule has 0 fully saturated rings. The van der Waals surface area contributed by atoms with Gasteiger partial charge in [0.2, 0.25) is 0 Å². The third kappa shape index (κ3) is 5.92. The Morgan fingerprint density at radius 3 is 2.70 bits per heavy atom. The molecular weight excluding hydrogens is 416 g/mol. The number of aliphatic carboxylic acids is 1. The van der Waals surface area contributed by atoms with Crippen LogP contribution >= 0.6 is 0 Å². The summed E-state index contributed by atoms with van der Waals surface area (Å²) in [5.74, 6) is 1.02. The zero-order chi connectivity index (χ0) is 23.0. The van der Waals surface area contributed by atoms with Gasteiger partial charge in [0.1, 0.15) is 17.3 Å². The molecule has 0 aliphatic heterocycles. The molecular formula is C26H24N4O3. The normalized spacial score (nSPS) is 10.6. The number of hydrogen-bond donors (Lipinski definition) is 2. The van der Waals surface area contributed by atoms with Crippen LogP contribution < -0.4 is 10.1 Å².